The van der Waals surface area contributed by atoms with Gasteiger partial charge in [-0.1, -0.05) is 0 Å². The topological polar surface area (TPSA) is 58.9 Å². The molecule has 3 rings (SSSR count). The number of anilines is 1. The number of rotatable bonds is 4. The Hall–Kier alpha value is -2.08. The SMILES string of the molecule is CNc1nc([C@H]2CCCN2C(=O)COC)cn2cccc12. The lowest BCUT2D eigenvalue weighted by Crippen LogP contribution is -2.33. The highest BCUT2D eigenvalue weighted by Crippen LogP contribution is 2.32. The molecule has 1 aliphatic rings. The summed E-state index contributed by atoms with van der Waals surface area (Å²) in [5.74, 6) is 0.865. The molecule has 1 fully saturated rings. The van der Waals surface area contributed by atoms with E-state index in [1.165, 1.54) is 0 Å². The molecule has 0 unspecified atom stereocenters. The van der Waals surface area contributed by atoms with Gasteiger partial charge in [0.15, 0.2) is 0 Å². The number of nitrogens with zero attached hydrogens (tertiary/aromatic N) is 3. The number of likely N-dealkylation sites (tertiary alicyclic amines) is 1. The molecule has 21 heavy (non-hydrogen) atoms. The number of carbonyl (C=O) groups is 1. The van der Waals surface area contributed by atoms with Gasteiger partial charge >= 0.3 is 0 Å². The third kappa shape index (κ3) is 2.47. The van der Waals surface area contributed by atoms with Gasteiger partial charge in [-0.15, -0.1) is 0 Å². The molecule has 1 atom stereocenters. The molecule has 6 nitrogen and oxygen atoms in total. The van der Waals surface area contributed by atoms with E-state index in [0.717, 1.165) is 36.4 Å². The third-order valence-corrected chi connectivity index (χ3v) is 3.95. The Morgan fingerprint density at radius 2 is 2.43 bits per heavy atom. The van der Waals surface area contributed by atoms with Crippen LogP contribution < -0.4 is 5.32 Å². The lowest BCUT2D eigenvalue weighted by molar-refractivity contribution is -0.136. The van der Waals surface area contributed by atoms with Gasteiger partial charge in [-0.25, -0.2) is 4.98 Å². The van der Waals surface area contributed by atoms with E-state index in [0.29, 0.717) is 0 Å². The molecule has 0 bridgehead atoms. The summed E-state index contributed by atoms with van der Waals surface area (Å²) in [5.41, 5.74) is 1.96. The molecule has 0 aliphatic carbocycles. The van der Waals surface area contributed by atoms with Crippen molar-refractivity contribution >= 4 is 17.2 Å². The van der Waals surface area contributed by atoms with Gasteiger partial charge in [0.1, 0.15) is 12.4 Å². The molecule has 2 aromatic rings. The van der Waals surface area contributed by atoms with Crippen molar-refractivity contribution in [2.75, 3.05) is 32.6 Å². The first-order valence-electron chi connectivity index (χ1n) is 7.18. The lowest BCUT2D eigenvalue weighted by Gasteiger charge is -2.24. The van der Waals surface area contributed by atoms with Crippen LogP contribution in [0.4, 0.5) is 5.82 Å². The zero-order valence-electron chi connectivity index (χ0n) is 12.4. The van der Waals surface area contributed by atoms with Crippen molar-refractivity contribution in [3.8, 4) is 0 Å². The average Bonchev–Trinajstić information content (AvgIpc) is 3.14. The molecule has 0 radical (unpaired) electrons. The summed E-state index contributed by atoms with van der Waals surface area (Å²) in [6.45, 7) is 0.897. The summed E-state index contributed by atoms with van der Waals surface area (Å²) < 4.78 is 7.02. The second-order valence-electron chi connectivity index (χ2n) is 5.24. The zero-order chi connectivity index (χ0) is 14.8. The normalized spacial score (nSPS) is 18.4. The van der Waals surface area contributed by atoms with Gasteiger partial charge in [-0.05, 0) is 25.0 Å². The summed E-state index contributed by atoms with van der Waals surface area (Å²) in [4.78, 5) is 18.7. The standard InChI is InChI=1S/C15H20N4O2/c1-16-15-13-6-3-7-18(13)9-11(17-15)12-5-4-8-19(12)14(20)10-21-2/h3,6-7,9,12H,4-5,8,10H2,1-2H3,(H,16,17)/t12-/m1/s1. The number of fused-ring (bicyclic) bond motifs is 1. The molecule has 112 valence electrons. The molecule has 2 aromatic heterocycles. The molecule has 3 heterocycles. The molecular weight excluding hydrogens is 268 g/mol. The number of hydrogen-bond donors (Lipinski definition) is 1. The predicted molar refractivity (Wildman–Crippen MR) is 80.3 cm³/mol. The average molecular weight is 288 g/mol. The van der Waals surface area contributed by atoms with Crippen molar-refractivity contribution in [1.29, 1.82) is 0 Å². The van der Waals surface area contributed by atoms with Crippen LogP contribution in [0.15, 0.2) is 24.5 Å². The van der Waals surface area contributed by atoms with Crippen molar-refractivity contribution in [3.63, 3.8) is 0 Å². The van der Waals surface area contributed by atoms with E-state index in [4.69, 9.17) is 9.72 Å². The van der Waals surface area contributed by atoms with Crippen LogP contribution >= 0.6 is 0 Å². The van der Waals surface area contributed by atoms with E-state index in [1.807, 2.05) is 40.9 Å². The summed E-state index contributed by atoms with van der Waals surface area (Å²) in [6, 6.07) is 4.04. The van der Waals surface area contributed by atoms with E-state index >= 15 is 0 Å². The van der Waals surface area contributed by atoms with Gasteiger partial charge in [-0.3, -0.25) is 4.79 Å². The van der Waals surface area contributed by atoms with Crippen LogP contribution in [-0.4, -0.2) is 47.5 Å². The highest BCUT2D eigenvalue weighted by Gasteiger charge is 2.31. The number of amides is 1. The molecule has 0 saturated carbocycles. The van der Waals surface area contributed by atoms with Crippen LogP contribution in [0.25, 0.3) is 5.52 Å². The summed E-state index contributed by atoms with van der Waals surface area (Å²) >= 11 is 0. The van der Waals surface area contributed by atoms with Gasteiger partial charge in [0.2, 0.25) is 5.91 Å². The van der Waals surface area contributed by atoms with E-state index in [1.54, 1.807) is 7.11 Å². The number of methoxy groups -OCH3 is 1. The molecule has 1 amide bonds. The predicted octanol–water partition coefficient (Wildman–Crippen LogP) is 1.69. The highest BCUT2D eigenvalue weighted by atomic mass is 16.5. The highest BCUT2D eigenvalue weighted by molar-refractivity contribution is 5.78. The van der Waals surface area contributed by atoms with Crippen molar-refractivity contribution in [1.82, 2.24) is 14.3 Å². The Balaban J connectivity index is 1.96. The van der Waals surface area contributed by atoms with Crippen LogP contribution in [-0.2, 0) is 9.53 Å². The number of ether oxygens (including phenoxy) is 1. The quantitative estimate of drug-likeness (QED) is 0.930. The Morgan fingerprint density at radius 3 is 3.19 bits per heavy atom. The van der Waals surface area contributed by atoms with E-state index in [2.05, 4.69) is 5.32 Å². The second kappa shape index (κ2) is 5.73. The number of hydrogen-bond acceptors (Lipinski definition) is 4. The van der Waals surface area contributed by atoms with Crippen molar-refractivity contribution < 1.29 is 9.53 Å². The minimum Gasteiger partial charge on any atom is -0.375 e. The molecule has 6 heteroatoms. The summed E-state index contributed by atoms with van der Waals surface area (Å²) in [6.07, 6.45) is 5.95. The Kier molecular flexibility index (Phi) is 3.79. The van der Waals surface area contributed by atoms with Crippen LogP contribution in [0.1, 0.15) is 24.6 Å². The smallest absolute Gasteiger partial charge is 0.249 e. The largest absolute Gasteiger partial charge is 0.375 e. The summed E-state index contributed by atoms with van der Waals surface area (Å²) in [7, 11) is 3.41. The maximum Gasteiger partial charge on any atom is 0.249 e. The molecule has 0 spiro atoms. The molecular formula is C15H20N4O2. The molecule has 1 aliphatic heterocycles. The zero-order valence-corrected chi connectivity index (χ0v) is 12.4. The Labute approximate surface area is 123 Å². The molecule has 1 N–H and O–H groups in total. The first-order chi connectivity index (χ1) is 10.2. The third-order valence-electron chi connectivity index (χ3n) is 3.95. The minimum atomic E-state index is 0.0282. The Morgan fingerprint density at radius 1 is 1.57 bits per heavy atom. The Bertz CT molecular complexity index is 652. The van der Waals surface area contributed by atoms with Gasteiger partial charge in [0.05, 0.1) is 17.3 Å². The summed E-state index contributed by atoms with van der Waals surface area (Å²) in [5, 5.41) is 3.13. The molecule has 1 saturated heterocycles. The lowest BCUT2D eigenvalue weighted by atomic mass is 10.1. The second-order valence-corrected chi connectivity index (χ2v) is 5.24. The number of carbonyl (C=O) groups excluding carboxylic acids is 1. The van der Waals surface area contributed by atoms with Crippen LogP contribution in [0.5, 0.6) is 0 Å². The maximum atomic E-state index is 12.1. The van der Waals surface area contributed by atoms with Crippen LogP contribution in [0.2, 0.25) is 0 Å². The van der Waals surface area contributed by atoms with Crippen LogP contribution in [0, 0.1) is 0 Å². The maximum absolute atomic E-state index is 12.1. The van der Waals surface area contributed by atoms with Gasteiger partial charge < -0.3 is 19.4 Å². The number of aromatic nitrogens is 2. The fraction of sp³-hybridized carbons (Fsp3) is 0.467. The van der Waals surface area contributed by atoms with Gasteiger partial charge in [0.25, 0.3) is 0 Å². The monoisotopic (exact) mass is 288 g/mol. The minimum absolute atomic E-state index is 0.0282. The van der Waals surface area contributed by atoms with E-state index in [-0.39, 0.29) is 18.6 Å². The number of nitrogens with one attached hydrogen (secondary N) is 1. The van der Waals surface area contributed by atoms with Gasteiger partial charge in [0, 0.05) is 33.1 Å². The van der Waals surface area contributed by atoms with Crippen molar-refractivity contribution in [3.05, 3.63) is 30.2 Å². The first kappa shape index (κ1) is 13.9. The van der Waals surface area contributed by atoms with Gasteiger partial charge in [-0.2, -0.15) is 0 Å². The van der Waals surface area contributed by atoms with Crippen molar-refractivity contribution in [2.24, 2.45) is 0 Å². The van der Waals surface area contributed by atoms with E-state index in [9.17, 15) is 4.79 Å². The first-order valence-corrected chi connectivity index (χ1v) is 7.18. The fourth-order valence-electron chi connectivity index (χ4n) is 2.99. The molecule has 0 aromatic carbocycles. The fourth-order valence-corrected chi connectivity index (χ4v) is 2.99. The van der Waals surface area contributed by atoms with E-state index < -0.39 is 0 Å². The van der Waals surface area contributed by atoms with Crippen molar-refractivity contribution in [2.45, 2.75) is 18.9 Å². The van der Waals surface area contributed by atoms with Crippen LogP contribution in [0.3, 0.4) is 0 Å².